The number of hydrogen-bond donors (Lipinski definition) is 2. The van der Waals surface area contributed by atoms with Crippen LogP contribution in [0.3, 0.4) is 0 Å². The number of likely N-dealkylation sites (N-methyl/N-ethyl adjacent to an activating group) is 1. The predicted molar refractivity (Wildman–Crippen MR) is 72.7 cm³/mol. The van der Waals surface area contributed by atoms with Crippen molar-refractivity contribution in [1.82, 2.24) is 10.6 Å². The topological polar surface area (TPSA) is 50.4 Å². The Morgan fingerprint density at radius 2 is 2.06 bits per heavy atom. The highest BCUT2D eigenvalue weighted by Gasteiger charge is 2.06. The van der Waals surface area contributed by atoms with E-state index < -0.39 is 0 Å². The van der Waals surface area contributed by atoms with Crippen molar-refractivity contribution in [2.45, 2.75) is 27.3 Å². The summed E-state index contributed by atoms with van der Waals surface area (Å²) in [5.74, 6) is 0.681. The number of benzene rings is 1. The molecule has 0 spiro atoms. The summed E-state index contributed by atoms with van der Waals surface area (Å²) in [5.41, 5.74) is 2.27. The summed E-state index contributed by atoms with van der Waals surface area (Å²) in [6, 6.07) is 5.99. The minimum Gasteiger partial charge on any atom is -0.483 e. The second-order valence-electron chi connectivity index (χ2n) is 4.13. The molecule has 1 rings (SSSR count). The van der Waals surface area contributed by atoms with Crippen molar-refractivity contribution in [2.24, 2.45) is 0 Å². The van der Waals surface area contributed by atoms with E-state index in [1.54, 1.807) is 0 Å². The first-order valence-corrected chi connectivity index (χ1v) is 6.37. The zero-order valence-electron chi connectivity index (χ0n) is 11.4. The Morgan fingerprint density at radius 3 is 2.72 bits per heavy atom. The molecule has 2 N–H and O–H groups in total. The molecule has 0 unspecified atom stereocenters. The smallest absolute Gasteiger partial charge is 0.257 e. The quantitative estimate of drug-likeness (QED) is 0.773. The van der Waals surface area contributed by atoms with Gasteiger partial charge >= 0.3 is 0 Å². The molecule has 0 saturated carbocycles. The molecule has 1 aromatic carbocycles. The lowest BCUT2D eigenvalue weighted by atomic mass is 10.1. The molecule has 1 amide bonds. The number of aryl methyl sites for hydroxylation is 1. The Balaban J connectivity index is 2.65. The highest BCUT2D eigenvalue weighted by atomic mass is 16.5. The molecule has 0 aliphatic rings. The van der Waals surface area contributed by atoms with Gasteiger partial charge in [-0.1, -0.05) is 24.6 Å². The summed E-state index contributed by atoms with van der Waals surface area (Å²) in [7, 11) is 0. The lowest BCUT2D eigenvalue weighted by Crippen LogP contribution is -2.28. The molecule has 0 aliphatic carbocycles. The molecular weight excluding hydrogens is 228 g/mol. The Bertz CT molecular complexity index is 391. The van der Waals surface area contributed by atoms with E-state index in [-0.39, 0.29) is 12.5 Å². The average molecular weight is 250 g/mol. The molecule has 0 aromatic heterocycles. The molecule has 0 aliphatic heterocycles. The molecular formula is C14H22N2O2. The number of ether oxygens (including phenoxy) is 1. The minimum atomic E-state index is -0.0903. The van der Waals surface area contributed by atoms with Gasteiger partial charge in [0, 0.05) is 18.7 Å². The number of hydrogen-bond acceptors (Lipinski definition) is 3. The van der Waals surface area contributed by atoms with Crippen LogP contribution in [0.2, 0.25) is 0 Å². The highest BCUT2D eigenvalue weighted by Crippen LogP contribution is 2.19. The van der Waals surface area contributed by atoms with Crippen LogP contribution in [-0.4, -0.2) is 25.6 Å². The standard InChI is InChI=1S/C14H22N2O2/c1-4-15-9-12-8-11(3)6-7-13(12)18-10-14(17)16-5-2/h6-8,15H,4-5,9-10H2,1-3H3,(H,16,17). The summed E-state index contributed by atoms with van der Waals surface area (Å²) in [5, 5.41) is 5.97. The normalized spacial score (nSPS) is 10.2. The van der Waals surface area contributed by atoms with E-state index in [1.807, 2.05) is 26.0 Å². The van der Waals surface area contributed by atoms with Gasteiger partial charge in [0.2, 0.25) is 0 Å². The van der Waals surface area contributed by atoms with Crippen LogP contribution in [0.1, 0.15) is 25.0 Å². The van der Waals surface area contributed by atoms with E-state index in [9.17, 15) is 4.79 Å². The van der Waals surface area contributed by atoms with Gasteiger partial charge in [-0.3, -0.25) is 4.79 Å². The molecule has 4 heteroatoms. The van der Waals surface area contributed by atoms with Gasteiger partial charge in [-0.05, 0) is 26.5 Å². The zero-order valence-corrected chi connectivity index (χ0v) is 11.4. The van der Waals surface area contributed by atoms with E-state index in [0.717, 1.165) is 24.4 Å². The maximum atomic E-state index is 11.4. The van der Waals surface area contributed by atoms with Crippen molar-refractivity contribution in [3.8, 4) is 5.75 Å². The van der Waals surface area contributed by atoms with Crippen LogP contribution in [0.15, 0.2) is 18.2 Å². The van der Waals surface area contributed by atoms with Gasteiger partial charge in [0.1, 0.15) is 5.75 Å². The second-order valence-corrected chi connectivity index (χ2v) is 4.13. The molecule has 0 atom stereocenters. The van der Waals surface area contributed by atoms with Crippen molar-refractivity contribution in [1.29, 1.82) is 0 Å². The third-order valence-corrected chi connectivity index (χ3v) is 2.51. The van der Waals surface area contributed by atoms with Crippen molar-refractivity contribution in [3.63, 3.8) is 0 Å². The molecule has 0 saturated heterocycles. The summed E-state index contributed by atoms with van der Waals surface area (Å²) >= 11 is 0. The molecule has 0 heterocycles. The first-order valence-electron chi connectivity index (χ1n) is 6.37. The summed E-state index contributed by atoms with van der Waals surface area (Å²) in [4.78, 5) is 11.4. The number of carbonyl (C=O) groups excluding carboxylic acids is 1. The van der Waals surface area contributed by atoms with Crippen LogP contribution in [0.4, 0.5) is 0 Å². The number of carbonyl (C=O) groups is 1. The number of nitrogens with one attached hydrogen (secondary N) is 2. The predicted octanol–water partition coefficient (Wildman–Crippen LogP) is 1.62. The van der Waals surface area contributed by atoms with E-state index >= 15 is 0 Å². The van der Waals surface area contributed by atoms with E-state index in [4.69, 9.17) is 4.74 Å². The van der Waals surface area contributed by atoms with Crippen LogP contribution in [0.25, 0.3) is 0 Å². The van der Waals surface area contributed by atoms with Gasteiger partial charge in [-0.15, -0.1) is 0 Å². The number of amides is 1. The van der Waals surface area contributed by atoms with E-state index in [1.165, 1.54) is 5.56 Å². The number of rotatable bonds is 7. The minimum absolute atomic E-state index is 0.0655. The zero-order chi connectivity index (χ0) is 13.4. The summed E-state index contributed by atoms with van der Waals surface area (Å²) < 4.78 is 5.55. The van der Waals surface area contributed by atoms with Gasteiger partial charge in [0.05, 0.1) is 0 Å². The molecule has 1 aromatic rings. The van der Waals surface area contributed by atoms with Gasteiger partial charge in [-0.2, -0.15) is 0 Å². The second kappa shape index (κ2) is 7.71. The average Bonchev–Trinajstić information content (AvgIpc) is 2.35. The van der Waals surface area contributed by atoms with Crippen LogP contribution in [0, 0.1) is 6.92 Å². The largest absolute Gasteiger partial charge is 0.483 e. The SMILES string of the molecule is CCNCc1cc(C)ccc1OCC(=O)NCC. The van der Waals surface area contributed by atoms with Crippen molar-refractivity contribution in [2.75, 3.05) is 19.7 Å². The fraction of sp³-hybridized carbons (Fsp3) is 0.500. The maximum Gasteiger partial charge on any atom is 0.257 e. The van der Waals surface area contributed by atoms with E-state index in [2.05, 4.69) is 23.6 Å². The first-order chi connectivity index (χ1) is 8.67. The van der Waals surface area contributed by atoms with Crippen molar-refractivity contribution < 1.29 is 9.53 Å². The molecule has 18 heavy (non-hydrogen) atoms. The third-order valence-electron chi connectivity index (χ3n) is 2.51. The van der Waals surface area contributed by atoms with Crippen LogP contribution >= 0.6 is 0 Å². The highest BCUT2D eigenvalue weighted by molar-refractivity contribution is 5.77. The monoisotopic (exact) mass is 250 g/mol. The summed E-state index contributed by atoms with van der Waals surface area (Å²) in [6.07, 6.45) is 0. The summed E-state index contributed by atoms with van der Waals surface area (Å²) in [6.45, 7) is 8.34. The molecule has 0 fully saturated rings. The van der Waals surface area contributed by atoms with Gasteiger partial charge < -0.3 is 15.4 Å². The molecule has 4 nitrogen and oxygen atoms in total. The van der Waals surface area contributed by atoms with E-state index in [0.29, 0.717) is 6.54 Å². The van der Waals surface area contributed by atoms with Crippen LogP contribution < -0.4 is 15.4 Å². The van der Waals surface area contributed by atoms with Gasteiger partial charge in [0.15, 0.2) is 6.61 Å². The Kier molecular flexibility index (Phi) is 6.22. The van der Waals surface area contributed by atoms with Gasteiger partial charge in [-0.25, -0.2) is 0 Å². The Morgan fingerprint density at radius 1 is 1.28 bits per heavy atom. The third kappa shape index (κ3) is 4.75. The fourth-order valence-corrected chi connectivity index (χ4v) is 1.64. The van der Waals surface area contributed by atoms with Crippen molar-refractivity contribution in [3.05, 3.63) is 29.3 Å². The molecule has 0 radical (unpaired) electrons. The molecule has 100 valence electrons. The van der Waals surface area contributed by atoms with Crippen molar-refractivity contribution >= 4 is 5.91 Å². The fourth-order valence-electron chi connectivity index (χ4n) is 1.64. The lowest BCUT2D eigenvalue weighted by Gasteiger charge is -2.12. The maximum absolute atomic E-state index is 11.4. The van der Waals surface area contributed by atoms with Crippen LogP contribution in [0.5, 0.6) is 5.75 Å². The lowest BCUT2D eigenvalue weighted by molar-refractivity contribution is -0.122. The van der Waals surface area contributed by atoms with Gasteiger partial charge in [0.25, 0.3) is 5.91 Å². The molecule has 0 bridgehead atoms. The Labute approximate surface area is 109 Å². The van der Waals surface area contributed by atoms with Crippen LogP contribution in [-0.2, 0) is 11.3 Å². The Hall–Kier alpha value is -1.55. The first kappa shape index (κ1) is 14.5.